The number of ether oxygens (including phenoxy) is 1. The monoisotopic (exact) mass is 436 g/mol. The second-order valence-electron chi connectivity index (χ2n) is 6.47. The average Bonchev–Trinajstić information content (AvgIpc) is 2.99. The van der Waals surface area contributed by atoms with E-state index in [1.165, 1.54) is 10.7 Å². The lowest BCUT2D eigenvalue weighted by Crippen LogP contribution is -2.16. The van der Waals surface area contributed by atoms with E-state index in [4.69, 9.17) is 16.3 Å². The van der Waals surface area contributed by atoms with E-state index >= 15 is 0 Å². The van der Waals surface area contributed by atoms with Gasteiger partial charge in [-0.2, -0.15) is 18.3 Å². The quantitative estimate of drug-likeness (QED) is 0.405. The van der Waals surface area contributed by atoms with Crippen molar-refractivity contribution >= 4 is 23.4 Å². The van der Waals surface area contributed by atoms with Crippen molar-refractivity contribution < 1.29 is 27.5 Å². The molecule has 0 fully saturated rings. The van der Waals surface area contributed by atoms with Crippen LogP contribution in [0.1, 0.15) is 37.5 Å². The van der Waals surface area contributed by atoms with Crippen LogP contribution >= 0.6 is 11.6 Å². The number of aryl methyl sites for hydroxylation is 1. The van der Waals surface area contributed by atoms with Crippen molar-refractivity contribution in [3.63, 3.8) is 0 Å². The summed E-state index contributed by atoms with van der Waals surface area (Å²) in [4.78, 5) is 24.6. The molecule has 0 aliphatic carbocycles. The number of alkyl halides is 3. The van der Waals surface area contributed by atoms with E-state index < -0.39 is 30.1 Å². The summed E-state index contributed by atoms with van der Waals surface area (Å²) in [6.07, 6.45) is -4.58. The van der Waals surface area contributed by atoms with Gasteiger partial charge in [-0.3, -0.25) is 4.79 Å². The molecule has 2 aromatic carbocycles. The highest BCUT2D eigenvalue weighted by molar-refractivity contribution is 6.32. The fraction of sp³-hybridized carbons (Fsp3) is 0.190. The third kappa shape index (κ3) is 4.88. The Labute approximate surface area is 175 Å². The Morgan fingerprint density at radius 2 is 1.80 bits per heavy atom. The van der Waals surface area contributed by atoms with Crippen molar-refractivity contribution in [3.8, 4) is 0 Å². The molecule has 0 spiro atoms. The maximum atomic E-state index is 12.8. The molecule has 0 amide bonds. The van der Waals surface area contributed by atoms with E-state index in [1.54, 1.807) is 6.92 Å². The zero-order valence-electron chi connectivity index (χ0n) is 15.7. The zero-order chi connectivity index (χ0) is 21.9. The van der Waals surface area contributed by atoms with Crippen LogP contribution in [0, 0.1) is 6.92 Å². The molecular formula is C21H16ClF3N2O3. The van der Waals surface area contributed by atoms with E-state index in [-0.39, 0.29) is 16.3 Å². The van der Waals surface area contributed by atoms with Crippen LogP contribution in [0.3, 0.4) is 0 Å². The molecule has 0 N–H and O–H groups in total. The number of carbonyl (C=O) groups is 2. The second-order valence-corrected chi connectivity index (χ2v) is 6.83. The molecule has 1 heterocycles. The molecule has 0 saturated carbocycles. The second kappa shape index (κ2) is 8.71. The number of halogens is 4. The van der Waals surface area contributed by atoms with Gasteiger partial charge in [0.05, 0.1) is 17.8 Å². The summed E-state index contributed by atoms with van der Waals surface area (Å²) in [5, 5.41) is 4.27. The van der Waals surface area contributed by atoms with Gasteiger partial charge in [0.1, 0.15) is 10.7 Å². The Morgan fingerprint density at radius 1 is 1.10 bits per heavy atom. The summed E-state index contributed by atoms with van der Waals surface area (Å²) in [5.41, 5.74) is 0.0689. The maximum absolute atomic E-state index is 12.8. The number of Topliss-reactive ketones (excluding diaryl/α,β-unsaturated/α-hetero) is 1. The summed E-state index contributed by atoms with van der Waals surface area (Å²) in [6, 6.07) is 13.2. The lowest BCUT2D eigenvalue weighted by Gasteiger charge is -2.08. The van der Waals surface area contributed by atoms with Gasteiger partial charge in [0.25, 0.3) is 0 Å². The van der Waals surface area contributed by atoms with Crippen molar-refractivity contribution in [2.75, 3.05) is 6.61 Å². The Bertz CT molecular complexity index is 1080. The van der Waals surface area contributed by atoms with Gasteiger partial charge in [0.15, 0.2) is 12.4 Å². The molecule has 0 radical (unpaired) electrons. The van der Waals surface area contributed by atoms with Crippen LogP contribution in [-0.4, -0.2) is 28.1 Å². The molecule has 1 aromatic heterocycles. The van der Waals surface area contributed by atoms with Crippen LogP contribution in [0.5, 0.6) is 0 Å². The van der Waals surface area contributed by atoms with Crippen molar-refractivity contribution in [2.24, 2.45) is 0 Å². The van der Waals surface area contributed by atoms with Crippen molar-refractivity contribution in [1.82, 2.24) is 9.78 Å². The van der Waals surface area contributed by atoms with E-state index in [2.05, 4.69) is 5.10 Å². The topological polar surface area (TPSA) is 61.2 Å². The minimum atomic E-state index is -4.58. The highest BCUT2D eigenvalue weighted by Gasteiger charge is 2.31. The van der Waals surface area contributed by atoms with E-state index in [0.29, 0.717) is 18.3 Å². The fourth-order valence-corrected chi connectivity index (χ4v) is 3.11. The molecule has 5 nitrogen and oxygen atoms in total. The van der Waals surface area contributed by atoms with Crippen LogP contribution < -0.4 is 0 Å². The molecule has 156 valence electrons. The molecule has 30 heavy (non-hydrogen) atoms. The van der Waals surface area contributed by atoms with Crippen LogP contribution in [0.15, 0.2) is 54.6 Å². The molecule has 9 heteroatoms. The van der Waals surface area contributed by atoms with Gasteiger partial charge in [-0.05, 0) is 24.6 Å². The highest BCUT2D eigenvalue weighted by Crippen LogP contribution is 2.29. The molecule has 0 bridgehead atoms. The smallest absolute Gasteiger partial charge is 0.416 e. The summed E-state index contributed by atoms with van der Waals surface area (Å²) in [5.74, 6) is -1.64. The molecule has 0 atom stereocenters. The Hall–Kier alpha value is -3.13. The van der Waals surface area contributed by atoms with Crippen molar-refractivity contribution in [3.05, 3.63) is 87.7 Å². The maximum Gasteiger partial charge on any atom is 0.416 e. The van der Waals surface area contributed by atoms with Gasteiger partial charge in [-0.1, -0.05) is 54.1 Å². The minimum Gasteiger partial charge on any atom is -0.454 e. The SMILES string of the molecule is Cc1nn(Cc2ccccc2)c(Cl)c1C(=O)OCC(=O)c1cccc(C(F)(F)F)c1. The number of hydrogen-bond acceptors (Lipinski definition) is 4. The van der Waals surface area contributed by atoms with Crippen molar-refractivity contribution in [2.45, 2.75) is 19.6 Å². The van der Waals surface area contributed by atoms with Crippen molar-refractivity contribution in [1.29, 1.82) is 0 Å². The number of rotatable bonds is 6. The third-order valence-corrected chi connectivity index (χ3v) is 4.68. The summed E-state index contributed by atoms with van der Waals surface area (Å²) in [6.45, 7) is 1.18. The standard InChI is InChI=1S/C21H16ClF3N2O3/c1-13-18(19(22)27(26-13)11-14-6-3-2-4-7-14)20(29)30-12-17(28)15-8-5-9-16(10-15)21(23,24)25/h2-10H,11-12H2,1H3. The largest absolute Gasteiger partial charge is 0.454 e. The lowest BCUT2D eigenvalue weighted by molar-refractivity contribution is -0.137. The minimum absolute atomic E-state index is 0.00411. The average molecular weight is 437 g/mol. The lowest BCUT2D eigenvalue weighted by atomic mass is 10.1. The number of esters is 1. The van der Waals surface area contributed by atoms with Gasteiger partial charge in [0, 0.05) is 5.56 Å². The molecule has 0 aliphatic rings. The number of hydrogen-bond donors (Lipinski definition) is 0. The van der Waals surface area contributed by atoms with E-state index in [0.717, 1.165) is 17.7 Å². The van der Waals surface area contributed by atoms with E-state index in [1.807, 2.05) is 30.3 Å². The molecule has 3 aromatic rings. The van der Waals surface area contributed by atoms with Crippen LogP contribution in [0.4, 0.5) is 13.2 Å². The predicted molar refractivity (Wildman–Crippen MR) is 104 cm³/mol. The Balaban J connectivity index is 1.70. The molecule has 0 aliphatic heterocycles. The van der Waals surface area contributed by atoms with Gasteiger partial charge >= 0.3 is 12.1 Å². The first-order valence-electron chi connectivity index (χ1n) is 8.81. The third-order valence-electron chi connectivity index (χ3n) is 4.29. The predicted octanol–water partition coefficient (Wildman–Crippen LogP) is 4.95. The normalized spacial score (nSPS) is 11.4. The summed E-state index contributed by atoms with van der Waals surface area (Å²) in [7, 11) is 0. The van der Waals surface area contributed by atoms with Crippen LogP contribution in [0.25, 0.3) is 0 Å². The number of aromatic nitrogens is 2. The van der Waals surface area contributed by atoms with Gasteiger partial charge in [-0.15, -0.1) is 0 Å². The Kier molecular flexibility index (Phi) is 6.26. The molecule has 0 saturated heterocycles. The van der Waals surface area contributed by atoms with Crippen LogP contribution in [-0.2, 0) is 17.5 Å². The van der Waals surface area contributed by atoms with Crippen LogP contribution in [0.2, 0.25) is 5.15 Å². The molecular weight excluding hydrogens is 421 g/mol. The summed E-state index contributed by atoms with van der Waals surface area (Å²) < 4.78 is 44.8. The molecule has 0 unspecified atom stereocenters. The first-order valence-corrected chi connectivity index (χ1v) is 9.19. The summed E-state index contributed by atoms with van der Waals surface area (Å²) >= 11 is 6.27. The number of ketones is 1. The first-order chi connectivity index (χ1) is 14.2. The zero-order valence-corrected chi connectivity index (χ0v) is 16.5. The fourth-order valence-electron chi connectivity index (χ4n) is 2.80. The molecule has 3 rings (SSSR count). The number of nitrogens with zero attached hydrogens (tertiary/aromatic N) is 2. The Morgan fingerprint density at radius 3 is 2.47 bits per heavy atom. The van der Waals surface area contributed by atoms with Gasteiger partial charge in [0.2, 0.25) is 0 Å². The number of carbonyl (C=O) groups excluding carboxylic acids is 2. The highest BCUT2D eigenvalue weighted by atomic mass is 35.5. The van der Waals surface area contributed by atoms with E-state index in [9.17, 15) is 22.8 Å². The van der Waals surface area contributed by atoms with Gasteiger partial charge < -0.3 is 4.74 Å². The first kappa shape index (κ1) is 21.6. The number of benzene rings is 2. The van der Waals surface area contributed by atoms with Gasteiger partial charge in [-0.25, -0.2) is 9.48 Å².